The first-order valence-electron chi connectivity index (χ1n) is 7.35. The molecule has 23 heavy (non-hydrogen) atoms. The Balaban J connectivity index is 2.11. The predicted molar refractivity (Wildman–Crippen MR) is 90.9 cm³/mol. The normalized spacial score (nSPS) is 10.3. The number of carbonyl (C=O) groups excluding carboxylic acids is 1. The number of benzene rings is 1. The molecule has 0 saturated carbocycles. The number of nitrogens with zero attached hydrogens (tertiary/aromatic N) is 2. The number of ether oxygens (including phenoxy) is 1. The van der Waals surface area contributed by atoms with Gasteiger partial charge in [0, 0.05) is 5.56 Å². The summed E-state index contributed by atoms with van der Waals surface area (Å²) >= 11 is 1.23. The predicted octanol–water partition coefficient (Wildman–Crippen LogP) is 3.91. The van der Waals surface area contributed by atoms with Crippen LogP contribution in [0, 0.1) is 17.2 Å². The molecule has 4 nitrogen and oxygen atoms in total. The van der Waals surface area contributed by atoms with E-state index in [-0.39, 0.29) is 11.7 Å². The van der Waals surface area contributed by atoms with Gasteiger partial charge in [-0.1, -0.05) is 55.9 Å². The molecule has 1 aromatic heterocycles. The van der Waals surface area contributed by atoms with Crippen LogP contribution in [0.4, 0.5) is 0 Å². The molecule has 5 heteroatoms. The average Bonchev–Trinajstić information content (AvgIpc) is 2.58. The fourth-order valence-electron chi connectivity index (χ4n) is 1.83. The highest BCUT2D eigenvalue weighted by molar-refractivity contribution is 7.99. The molecule has 0 atom stereocenters. The number of thioether (sulfide) groups is 1. The molecule has 0 fully saturated rings. The van der Waals surface area contributed by atoms with Gasteiger partial charge in [0.15, 0.2) is 0 Å². The fraction of sp³-hybridized carbons (Fsp3) is 0.278. The van der Waals surface area contributed by atoms with E-state index >= 15 is 0 Å². The summed E-state index contributed by atoms with van der Waals surface area (Å²) in [6.45, 7) is 4.38. The minimum absolute atomic E-state index is 0.145. The average molecular weight is 326 g/mol. The molecule has 0 bridgehead atoms. The van der Waals surface area contributed by atoms with Gasteiger partial charge in [-0.25, -0.2) is 4.98 Å². The summed E-state index contributed by atoms with van der Waals surface area (Å²) in [5.74, 6) is 0.157. The number of aromatic nitrogens is 1. The summed E-state index contributed by atoms with van der Waals surface area (Å²) in [7, 11) is 0. The van der Waals surface area contributed by atoms with Crippen molar-refractivity contribution < 1.29 is 9.53 Å². The molecule has 0 saturated heterocycles. The van der Waals surface area contributed by atoms with Crippen molar-refractivity contribution in [3.8, 4) is 17.3 Å². The first kappa shape index (κ1) is 17.0. The second-order valence-electron chi connectivity index (χ2n) is 5.39. The minimum atomic E-state index is -0.292. The number of nitriles is 1. The van der Waals surface area contributed by atoms with Crippen LogP contribution in [0.3, 0.4) is 0 Å². The van der Waals surface area contributed by atoms with Crippen LogP contribution >= 0.6 is 11.8 Å². The second kappa shape index (κ2) is 8.35. The molecule has 2 aromatic rings. The Labute approximate surface area is 140 Å². The number of pyridine rings is 1. The third kappa shape index (κ3) is 5.11. The van der Waals surface area contributed by atoms with Crippen molar-refractivity contribution in [3.05, 3.63) is 48.0 Å². The van der Waals surface area contributed by atoms with Gasteiger partial charge in [0.05, 0.1) is 23.6 Å². The summed E-state index contributed by atoms with van der Waals surface area (Å²) in [4.78, 5) is 16.2. The van der Waals surface area contributed by atoms with Crippen LogP contribution in [0.2, 0.25) is 0 Å². The lowest BCUT2D eigenvalue weighted by Crippen LogP contribution is -2.12. The highest BCUT2D eigenvalue weighted by Crippen LogP contribution is 2.25. The van der Waals surface area contributed by atoms with E-state index in [1.807, 2.05) is 50.2 Å². The Hall–Kier alpha value is -2.32. The van der Waals surface area contributed by atoms with Gasteiger partial charge >= 0.3 is 5.97 Å². The van der Waals surface area contributed by atoms with E-state index in [2.05, 4.69) is 11.1 Å². The number of esters is 1. The molecule has 0 spiro atoms. The van der Waals surface area contributed by atoms with Gasteiger partial charge in [0.1, 0.15) is 11.1 Å². The molecule has 0 unspecified atom stereocenters. The van der Waals surface area contributed by atoms with E-state index in [0.717, 1.165) is 11.3 Å². The van der Waals surface area contributed by atoms with Crippen molar-refractivity contribution in [2.45, 2.75) is 18.9 Å². The number of carbonyl (C=O) groups is 1. The molecule has 0 aliphatic heterocycles. The summed E-state index contributed by atoms with van der Waals surface area (Å²) in [5, 5.41) is 9.75. The van der Waals surface area contributed by atoms with Crippen LogP contribution in [0.25, 0.3) is 11.3 Å². The van der Waals surface area contributed by atoms with E-state index in [4.69, 9.17) is 4.74 Å². The molecule has 1 aromatic carbocycles. The maximum atomic E-state index is 11.7. The van der Waals surface area contributed by atoms with E-state index in [1.54, 1.807) is 6.07 Å². The number of rotatable bonds is 6. The summed E-state index contributed by atoms with van der Waals surface area (Å²) < 4.78 is 5.14. The standard InChI is InChI=1S/C18H18N2O2S/c1-13(2)11-22-17(21)12-23-18-15(10-19)8-9-16(20-18)14-6-4-3-5-7-14/h3-9,13H,11-12H2,1-2H3. The van der Waals surface area contributed by atoms with Crippen LogP contribution in [-0.2, 0) is 9.53 Å². The van der Waals surface area contributed by atoms with E-state index < -0.39 is 0 Å². The quantitative estimate of drug-likeness (QED) is 0.595. The van der Waals surface area contributed by atoms with Gasteiger partial charge in [-0.2, -0.15) is 5.26 Å². The van der Waals surface area contributed by atoms with Crippen molar-refractivity contribution in [3.63, 3.8) is 0 Å². The lowest BCUT2D eigenvalue weighted by atomic mass is 10.1. The Morgan fingerprint density at radius 1 is 1.26 bits per heavy atom. The lowest BCUT2D eigenvalue weighted by molar-refractivity contribution is -0.141. The summed E-state index contributed by atoms with van der Waals surface area (Å²) in [5.41, 5.74) is 2.22. The molecule has 2 rings (SSSR count). The Morgan fingerprint density at radius 2 is 2.00 bits per heavy atom. The van der Waals surface area contributed by atoms with E-state index in [9.17, 15) is 10.1 Å². The SMILES string of the molecule is CC(C)COC(=O)CSc1nc(-c2ccccc2)ccc1C#N. The van der Waals surface area contributed by atoms with Crippen molar-refractivity contribution in [2.75, 3.05) is 12.4 Å². The van der Waals surface area contributed by atoms with Crippen molar-refractivity contribution >= 4 is 17.7 Å². The first-order valence-corrected chi connectivity index (χ1v) is 8.33. The molecule has 0 amide bonds. The Bertz CT molecular complexity index is 709. The number of hydrogen-bond donors (Lipinski definition) is 0. The van der Waals surface area contributed by atoms with Crippen molar-refractivity contribution in [1.29, 1.82) is 5.26 Å². The highest BCUT2D eigenvalue weighted by Gasteiger charge is 2.11. The van der Waals surface area contributed by atoms with Crippen LogP contribution in [0.15, 0.2) is 47.5 Å². The molecular formula is C18H18N2O2S. The van der Waals surface area contributed by atoms with Gasteiger partial charge in [-0.05, 0) is 18.1 Å². The molecule has 1 heterocycles. The van der Waals surface area contributed by atoms with Crippen LogP contribution in [0.5, 0.6) is 0 Å². The van der Waals surface area contributed by atoms with Crippen LogP contribution in [0.1, 0.15) is 19.4 Å². The molecule has 118 valence electrons. The van der Waals surface area contributed by atoms with Crippen LogP contribution < -0.4 is 0 Å². The second-order valence-corrected chi connectivity index (χ2v) is 6.36. The zero-order valence-corrected chi connectivity index (χ0v) is 14.0. The minimum Gasteiger partial charge on any atom is -0.465 e. The fourth-order valence-corrected chi connectivity index (χ4v) is 2.60. The van der Waals surface area contributed by atoms with Crippen LogP contribution in [-0.4, -0.2) is 23.3 Å². The molecule has 0 aliphatic carbocycles. The zero-order chi connectivity index (χ0) is 16.7. The molecule has 0 aliphatic rings. The van der Waals surface area contributed by atoms with E-state index in [1.165, 1.54) is 11.8 Å². The third-order valence-corrected chi connectivity index (χ3v) is 3.92. The monoisotopic (exact) mass is 326 g/mol. The van der Waals surface area contributed by atoms with Gasteiger partial charge in [-0.3, -0.25) is 4.79 Å². The molecule has 0 radical (unpaired) electrons. The van der Waals surface area contributed by atoms with Crippen molar-refractivity contribution in [1.82, 2.24) is 4.98 Å². The van der Waals surface area contributed by atoms with E-state index in [0.29, 0.717) is 23.1 Å². The maximum Gasteiger partial charge on any atom is 0.316 e. The van der Waals surface area contributed by atoms with Gasteiger partial charge in [-0.15, -0.1) is 0 Å². The first-order chi connectivity index (χ1) is 11.1. The summed E-state index contributed by atoms with van der Waals surface area (Å²) in [6, 6.07) is 15.4. The lowest BCUT2D eigenvalue weighted by Gasteiger charge is -2.08. The third-order valence-electron chi connectivity index (χ3n) is 2.95. The molecular weight excluding hydrogens is 308 g/mol. The largest absolute Gasteiger partial charge is 0.465 e. The number of hydrogen-bond acceptors (Lipinski definition) is 5. The van der Waals surface area contributed by atoms with Crippen molar-refractivity contribution in [2.24, 2.45) is 5.92 Å². The summed E-state index contributed by atoms with van der Waals surface area (Å²) in [6.07, 6.45) is 0. The van der Waals surface area contributed by atoms with Gasteiger partial charge in [0.2, 0.25) is 0 Å². The van der Waals surface area contributed by atoms with Gasteiger partial charge in [0.25, 0.3) is 0 Å². The Morgan fingerprint density at radius 3 is 2.65 bits per heavy atom. The molecule has 0 N–H and O–H groups in total. The topological polar surface area (TPSA) is 63.0 Å². The highest BCUT2D eigenvalue weighted by atomic mass is 32.2. The maximum absolute atomic E-state index is 11.7. The van der Waals surface area contributed by atoms with Gasteiger partial charge < -0.3 is 4.74 Å². The smallest absolute Gasteiger partial charge is 0.316 e. The zero-order valence-electron chi connectivity index (χ0n) is 13.2. The Kier molecular flexibility index (Phi) is 6.19.